The number of amides is 3. The fourth-order valence-electron chi connectivity index (χ4n) is 3.53. The number of carboxylic acid groups (broad SMARTS) is 2. The minimum atomic E-state index is -1.28. The van der Waals surface area contributed by atoms with Crippen LogP contribution in [0.15, 0.2) is 9.98 Å². The Kier molecular flexibility index (Phi) is 18.6. The lowest BCUT2D eigenvalue weighted by molar-refractivity contribution is -0.142. The topological polar surface area (TPSA) is 343 Å². The molecule has 18 nitrogen and oxygen atoms in total. The third-order valence-corrected chi connectivity index (χ3v) is 5.72. The van der Waals surface area contributed by atoms with Gasteiger partial charge in [-0.15, -0.1) is 0 Å². The first-order valence-electron chi connectivity index (χ1n) is 13.2. The van der Waals surface area contributed by atoms with Crippen molar-refractivity contribution < 1.29 is 34.2 Å². The third-order valence-electron chi connectivity index (χ3n) is 5.72. The summed E-state index contributed by atoms with van der Waals surface area (Å²) < 4.78 is 0. The molecule has 0 aliphatic carbocycles. The molecule has 0 saturated carbocycles. The van der Waals surface area contributed by atoms with Gasteiger partial charge in [-0.25, -0.2) is 4.79 Å². The second-order valence-corrected chi connectivity index (χ2v) is 9.24. The van der Waals surface area contributed by atoms with Gasteiger partial charge in [0.15, 0.2) is 11.9 Å². The molecule has 0 saturated heterocycles. The highest BCUT2D eigenvalue weighted by molar-refractivity contribution is 5.94. The van der Waals surface area contributed by atoms with E-state index in [1.54, 1.807) is 0 Å². The van der Waals surface area contributed by atoms with Crippen molar-refractivity contribution in [2.75, 3.05) is 19.6 Å². The van der Waals surface area contributed by atoms with Crippen molar-refractivity contribution in [1.29, 1.82) is 0 Å². The number of nitrogens with one attached hydrogen (secondary N) is 3. The van der Waals surface area contributed by atoms with Crippen LogP contribution < -0.4 is 50.4 Å². The fourth-order valence-corrected chi connectivity index (χ4v) is 3.53. The quantitative estimate of drug-likeness (QED) is 0.0326. The van der Waals surface area contributed by atoms with E-state index in [4.69, 9.17) is 39.5 Å². The molecule has 4 unspecified atom stereocenters. The predicted octanol–water partition coefficient (Wildman–Crippen LogP) is -4.05. The Labute approximate surface area is 238 Å². The number of hydrogen-bond acceptors (Lipinski definition) is 9. The van der Waals surface area contributed by atoms with E-state index >= 15 is 0 Å². The van der Waals surface area contributed by atoms with Crippen LogP contribution in [0.3, 0.4) is 0 Å². The van der Waals surface area contributed by atoms with Crippen molar-refractivity contribution in [3.8, 4) is 0 Å². The van der Waals surface area contributed by atoms with Gasteiger partial charge in [-0.05, 0) is 57.9 Å². The lowest BCUT2D eigenvalue weighted by atomic mass is 10.0. The zero-order valence-corrected chi connectivity index (χ0v) is 23.1. The molecule has 0 radical (unpaired) electrons. The Balaban J connectivity index is 5.65. The fraction of sp³-hybridized carbons (Fsp3) is 0.696. The summed E-state index contributed by atoms with van der Waals surface area (Å²) in [6.07, 6.45) is 1.23. The van der Waals surface area contributed by atoms with Crippen LogP contribution in [-0.4, -0.2) is 95.6 Å². The molecule has 0 aliphatic heterocycles. The molecular formula is C23H45N11O7. The van der Waals surface area contributed by atoms with E-state index in [-0.39, 0.29) is 70.0 Å². The summed E-state index contributed by atoms with van der Waals surface area (Å²) in [6, 6.07) is -4.79. The summed E-state index contributed by atoms with van der Waals surface area (Å²) in [5.74, 6) is -4.96. The minimum absolute atomic E-state index is 0.0268. The minimum Gasteiger partial charge on any atom is -0.481 e. The monoisotopic (exact) mass is 587 g/mol. The van der Waals surface area contributed by atoms with Gasteiger partial charge in [0, 0.05) is 19.5 Å². The van der Waals surface area contributed by atoms with Gasteiger partial charge in [0.1, 0.15) is 18.1 Å². The number of carbonyl (C=O) groups excluding carboxylic acids is 3. The third kappa shape index (κ3) is 17.9. The first kappa shape index (κ1) is 36.8. The SMILES string of the molecule is NCCCCC(NC(=O)C(CCCN=C(N)N)NC(=O)C(N)CCC(=O)O)C(=O)NC(CCCN=C(N)N)C(=O)O. The lowest BCUT2D eigenvalue weighted by Gasteiger charge is -2.25. The smallest absolute Gasteiger partial charge is 0.326 e. The second kappa shape index (κ2) is 20.7. The Morgan fingerprint density at radius 2 is 1.07 bits per heavy atom. The molecule has 17 N–H and O–H groups in total. The van der Waals surface area contributed by atoms with E-state index in [0.29, 0.717) is 19.4 Å². The average molecular weight is 588 g/mol. The predicted molar refractivity (Wildman–Crippen MR) is 151 cm³/mol. The summed E-state index contributed by atoms with van der Waals surface area (Å²) in [5.41, 5.74) is 32.5. The number of nitrogens with two attached hydrogens (primary N) is 6. The zero-order chi connectivity index (χ0) is 31.4. The van der Waals surface area contributed by atoms with Crippen LogP contribution in [0, 0.1) is 0 Å². The molecular weight excluding hydrogens is 542 g/mol. The van der Waals surface area contributed by atoms with Gasteiger partial charge in [0.25, 0.3) is 0 Å². The van der Waals surface area contributed by atoms with Gasteiger partial charge >= 0.3 is 11.9 Å². The van der Waals surface area contributed by atoms with Crippen LogP contribution in [-0.2, 0) is 24.0 Å². The number of rotatable bonds is 22. The van der Waals surface area contributed by atoms with Crippen LogP contribution in [0.25, 0.3) is 0 Å². The molecule has 234 valence electrons. The van der Waals surface area contributed by atoms with Crippen LogP contribution in [0.2, 0.25) is 0 Å². The molecule has 0 fully saturated rings. The van der Waals surface area contributed by atoms with E-state index < -0.39 is 53.8 Å². The molecule has 0 aromatic rings. The Morgan fingerprint density at radius 1 is 0.634 bits per heavy atom. The molecule has 0 aromatic heterocycles. The molecule has 3 amide bonds. The molecule has 0 bridgehead atoms. The van der Waals surface area contributed by atoms with E-state index in [1.807, 2.05) is 0 Å². The number of carbonyl (C=O) groups is 5. The number of guanidine groups is 2. The normalized spacial score (nSPS) is 13.5. The highest BCUT2D eigenvalue weighted by Crippen LogP contribution is 2.07. The molecule has 0 rings (SSSR count). The Bertz CT molecular complexity index is 922. The maximum atomic E-state index is 13.2. The zero-order valence-electron chi connectivity index (χ0n) is 23.1. The van der Waals surface area contributed by atoms with Crippen molar-refractivity contribution in [3.63, 3.8) is 0 Å². The summed E-state index contributed by atoms with van der Waals surface area (Å²) in [5, 5.41) is 25.9. The largest absolute Gasteiger partial charge is 0.481 e. The van der Waals surface area contributed by atoms with Gasteiger partial charge in [-0.2, -0.15) is 0 Å². The number of nitrogens with zero attached hydrogens (tertiary/aromatic N) is 2. The van der Waals surface area contributed by atoms with Crippen molar-refractivity contribution in [3.05, 3.63) is 0 Å². The van der Waals surface area contributed by atoms with Crippen LogP contribution in [0.1, 0.15) is 57.8 Å². The van der Waals surface area contributed by atoms with Crippen LogP contribution in [0.5, 0.6) is 0 Å². The second-order valence-electron chi connectivity index (χ2n) is 9.24. The summed E-state index contributed by atoms with van der Waals surface area (Å²) in [6.45, 7) is 0.643. The van der Waals surface area contributed by atoms with Crippen molar-refractivity contribution in [2.24, 2.45) is 44.4 Å². The number of aliphatic carboxylic acids is 2. The molecule has 18 heteroatoms. The van der Waals surface area contributed by atoms with Crippen molar-refractivity contribution >= 4 is 41.6 Å². The molecule has 0 aromatic carbocycles. The van der Waals surface area contributed by atoms with Gasteiger partial charge in [-0.1, -0.05) is 0 Å². The standard InChI is InChI=1S/C23H45N11O7/c24-10-2-1-5-14(20(39)34-16(21(40)41)7-4-12-31-23(28)29)33-19(38)15(6-3-11-30-22(26)27)32-18(37)13(25)8-9-17(35)36/h13-16H,1-12,24-25H2,(H,32,37)(H,33,38)(H,34,39)(H,35,36)(H,40,41)(H4,26,27,30)(H4,28,29,31). The molecule has 4 atom stereocenters. The first-order chi connectivity index (χ1) is 19.3. The van der Waals surface area contributed by atoms with Gasteiger partial charge in [0.05, 0.1) is 6.04 Å². The summed E-state index contributed by atoms with van der Waals surface area (Å²) in [7, 11) is 0. The first-order valence-corrected chi connectivity index (χ1v) is 13.2. The number of aliphatic imine (C=N–C) groups is 2. The van der Waals surface area contributed by atoms with Gasteiger partial charge < -0.3 is 60.6 Å². The Morgan fingerprint density at radius 3 is 1.51 bits per heavy atom. The van der Waals surface area contributed by atoms with Crippen LogP contribution in [0.4, 0.5) is 0 Å². The van der Waals surface area contributed by atoms with Crippen molar-refractivity contribution in [1.82, 2.24) is 16.0 Å². The molecule has 0 aliphatic rings. The number of hydrogen-bond donors (Lipinski definition) is 11. The lowest BCUT2D eigenvalue weighted by Crippen LogP contribution is -2.57. The molecule has 0 spiro atoms. The van der Waals surface area contributed by atoms with Gasteiger partial charge in [0.2, 0.25) is 17.7 Å². The number of carboxylic acids is 2. The summed E-state index contributed by atoms with van der Waals surface area (Å²) in [4.78, 5) is 69.0. The molecule has 0 heterocycles. The maximum Gasteiger partial charge on any atom is 0.326 e. The maximum absolute atomic E-state index is 13.2. The number of unbranched alkanes of at least 4 members (excludes halogenated alkanes) is 1. The van der Waals surface area contributed by atoms with E-state index in [0.717, 1.165) is 0 Å². The van der Waals surface area contributed by atoms with Gasteiger partial charge in [-0.3, -0.25) is 29.2 Å². The van der Waals surface area contributed by atoms with E-state index in [1.165, 1.54) is 0 Å². The van der Waals surface area contributed by atoms with E-state index in [9.17, 15) is 29.1 Å². The highest BCUT2D eigenvalue weighted by atomic mass is 16.4. The summed E-state index contributed by atoms with van der Waals surface area (Å²) >= 11 is 0. The average Bonchev–Trinajstić information content (AvgIpc) is 2.89. The molecule has 41 heavy (non-hydrogen) atoms. The van der Waals surface area contributed by atoms with Crippen molar-refractivity contribution in [2.45, 2.75) is 82.0 Å². The van der Waals surface area contributed by atoms with Crippen LogP contribution >= 0.6 is 0 Å². The highest BCUT2D eigenvalue weighted by Gasteiger charge is 2.30. The van der Waals surface area contributed by atoms with E-state index in [2.05, 4.69) is 25.9 Å². The Hall–Kier alpha value is -4.19.